The molecule has 2 heterocycles. The Kier molecular flexibility index (Phi) is 3.47. The molecule has 1 fully saturated rings. The van der Waals surface area contributed by atoms with Gasteiger partial charge in [-0.15, -0.1) is 0 Å². The lowest BCUT2D eigenvalue weighted by molar-refractivity contribution is -0.118. The number of rotatable bonds is 3. The zero-order valence-electron chi connectivity index (χ0n) is 10.6. The predicted octanol–water partition coefficient (Wildman–Crippen LogP) is 1.40. The van der Waals surface area contributed by atoms with Gasteiger partial charge in [0.1, 0.15) is 0 Å². The molecule has 0 spiro atoms. The molecule has 1 saturated heterocycles. The summed E-state index contributed by atoms with van der Waals surface area (Å²) in [5.74, 6) is 0.438. The minimum Gasteiger partial charge on any atom is -0.322 e. The van der Waals surface area contributed by atoms with E-state index in [9.17, 15) is 4.79 Å². The van der Waals surface area contributed by atoms with E-state index in [2.05, 4.69) is 36.5 Å². The zero-order chi connectivity index (χ0) is 12.4. The van der Waals surface area contributed by atoms with Crippen LogP contribution >= 0.6 is 0 Å². The van der Waals surface area contributed by atoms with Crippen LogP contribution < -0.4 is 10.6 Å². The Balaban J connectivity index is 1.97. The van der Waals surface area contributed by atoms with E-state index < -0.39 is 0 Å². The number of carbonyl (C=O) groups excluding carboxylic acids is 1. The van der Waals surface area contributed by atoms with Crippen LogP contribution in [0.25, 0.3) is 0 Å². The summed E-state index contributed by atoms with van der Waals surface area (Å²) in [6, 6.07) is 0.238. The molecule has 2 atom stereocenters. The highest BCUT2D eigenvalue weighted by Gasteiger charge is 2.29. The van der Waals surface area contributed by atoms with Crippen LogP contribution in [0.5, 0.6) is 0 Å². The molecule has 0 bridgehead atoms. The maximum Gasteiger partial charge on any atom is 0.241 e. The van der Waals surface area contributed by atoms with E-state index in [0.717, 1.165) is 18.7 Å². The molecule has 1 aliphatic heterocycles. The highest BCUT2D eigenvalue weighted by molar-refractivity contribution is 5.95. The molecule has 1 aliphatic rings. The number of aromatic nitrogens is 2. The normalized spacial score (nSPS) is 24.2. The Morgan fingerprint density at radius 1 is 1.65 bits per heavy atom. The molecule has 1 amide bonds. The van der Waals surface area contributed by atoms with E-state index >= 15 is 0 Å². The monoisotopic (exact) mass is 236 g/mol. The van der Waals surface area contributed by atoms with E-state index in [1.807, 2.05) is 10.9 Å². The van der Waals surface area contributed by atoms with Gasteiger partial charge in [0.05, 0.1) is 17.9 Å². The molecular weight excluding hydrogens is 216 g/mol. The van der Waals surface area contributed by atoms with Gasteiger partial charge in [0.2, 0.25) is 5.91 Å². The van der Waals surface area contributed by atoms with E-state index in [1.54, 1.807) is 6.20 Å². The summed E-state index contributed by atoms with van der Waals surface area (Å²) in [6.45, 7) is 7.13. The molecule has 94 valence electrons. The summed E-state index contributed by atoms with van der Waals surface area (Å²) in [7, 11) is 0. The lowest BCUT2D eigenvalue weighted by Gasteiger charge is -2.14. The molecular formula is C12H20N4O. The fourth-order valence-corrected chi connectivity index (χ4v) is 2.09. The maximum absolute atomic E-state index is 12.0. The minimum absolute atomic E-state index is 0.0401. The third kappa shape index (κ3) is 2.66. The summed E-state index contributed by atoms with van der Waals surface area (Å²) < 4.78 is 1.83. The van der Waals surface area contributed by atoms with Gasteiger partial charge in [0.15, 0.2) is 0 Å². The van der Waals surface area contributed by atoms with Crippen LogP contribution in [0.15, 0.2) is 12.4 Å². The number of nitrogens with zero attached hydrogens (tertiary/aromatic N) is 2. The van der Waals surface area contributed by atoms with Crippen molar-refractivity contribution in [2.45, 2.75) is 39.3 Å². The van der Waals surface area contributed by atoms with Crippen molar-refractivity contribution in [1.29, 1.82) is 0 Å². The van der Waals surface area contributed by atoms with Crippen LogP contribution in [-0.2, 0) is 4.79 Å². The molecule has 5 heteroatoms. The van der Waals surface area contributed by atoms with Crippen LogP contribution in [0.1, 0.15) is 33.2 Å². The number of carbonyl (C=O) groups is 1. The smallest absolute Gasteiger partial charge is 0.241 e. The first-order valence-electron chi connectivity index (χ1n) is 6.16. The zero-order valence-corrected chi connectivity index (χ0v) is 10.6. The molecule has 0 aromatic carbocycles. The molecule has 5 nitrogen and oxygen atoms in total. The Morgan fingerprint density at radius 3 is 2.94 bits per heavy atom. The number of amides is 1. The van der Waals surface area contributed by atoms with Gasteiger partial charge in [-0.05, 0) is 32.7 Å². The third-order valence-electron chi connectivity index (χ3n) is 3.21. The van der Waals surface area contributed by atoms with E-state index in [1.165, 1.54) is 0 Å². The van der Waals surface area contributed by atoms with E-state index in [0.29, 0.717) is 12.0 Å². The van der Waals surface area contributed by atoms with Crippen LogP contribution in [0.3, 0.4) is 0 Å². The summed E-state index contributed by atoms with van der Waals surface area (Å²) in [5, 5.41) is 10.3. The Morgan fingerprint density at radius 2 is 2.41 bits per heavy atom. The molecule has 0 saturated carbocycles. The van der Waals surface area contributed by atoms with Crippen molar-refractivity contribution in [1.82, 2.24) is 15.1 Å². The number of hydrogen-bond donors (Lipinski definition) is 2. The number of hydrogen-bond acceptors (Lipinski definition) is 3. The van der Waals surface area contributed by atoms with E-state index in [4.69, 9.17) is 0 Å². The predicted molar refractivity (Wildman–Crippen MR) is 66.8 cm³/mol. The van der Waals surface area contributed by atoms with Crippen molar-refractivity contribution in [3.8, 4) is 0 Å². The van der Waals surface area contributed by atoms with Crippen LogP contribution in [-0.4, -0.2) is 28.3 Å². The Bertz CT molecular complexity index is 399. The second-order valence-electron chi connectivity index (χ2n) is 4.99. The van der Waals surface area contributed by atoms with Gasteiger partial charge in [-0.25, -0.2) is 0 Å². The second-order valence-corrected chi connectivity index (χ2v) is 4.99. The van der Waals surface area contributed by atoms with Crippen molar-refractivity contribution < 1.29 is 4.79 Å². The van der Waals surface area contributed by atoms with Gasteiger partial charge in [-0.1, -0.05) is 6.92 Å². The van der Waals surface area contributed by atoms with Crippen molar-refractivity contribution in [2.24, 2.45) is 5.92 Å². The molecule has 2 unspecified atom stereocenters. The molecule has 0 aliphatic carbocycles. The summed E-state index contributed by atoms with van der Waals surface area (Å²) >= 11 is 0. The van der Waals surface area contributed by atoms with Gasteiger partial charge in [0.25, 0.3) is 0 Å². The Labute approximate surface area is 102 Å². The lowest BCUT2D eigenvalue weighted by atomic mass is 10.0. The first-order chi connectivity index (χ1) is 8.08. The first kappa shape index (κ1) is 12.1. The van der Waals surface area contributed by atoms with Crippen molar-refractivity contribution in [3.63, 3.8) is 0 Å². The first-order valence-corrected chi connectivity index (χ1v) is 6.16. The fourth-order valence-electron chi connectivity index (χ4n) is 2.09. The quantitative estimate of drug-likeness (QED) is 0.834. The average Bonchev–Trinajstić information content (AvgIpc) is 2.86. The summed E-state index contributed by atoms with van der Waals surface area (Å²) in [6.07, 6.45) is 4.61. The van der Waals surface area contributed by atoms with Crippen LogP contribution in [0.2, 0.25) is 0 Å². The highest BCUT2D eigenvalue weighted by atomic mass is 16.2. The van der Waals surface area contributed by atoms with Gasteiger partial charge in [-0.3, -0.25) is 9.48 Å². The van der Waals surface area contributed by atoms with E-state index in [-0.39, 0.29) is 11.9 Å². The van der Waals surface area contributed by atoms with Gasteiger partial charge >= 0.3 is 0 Å². The second kappa shape index (κ2) is 4.87. The maximum atomic E-state index is 12.0. The average molecular weight is 236 g/mol. The highest BCUT2D eigenvalue weighted by Crippen LogP contribution is 2.17. The molecule has 2 N–H and O–H groups in total. The lowest BCUT2D eigenvalue weighted by Crippen LogP contribution is -2.38. The van der Waals surface area contributed by atoms with Crippen molar-refractivity contribution in [2.75, 3.05) is 11.9 Å². The number of nitrogens with one attached hydrogen (secondary N) is 2. The van der Waals surface area contributed by atoms with Gasteiger partial charge in [-0.2, -0.15) is 5.10 Å². The Hall–Kier alpha value is -1.36. The molecule has 1 aromatic heterocycles. The van der Waals surface area contributed by atoms with Crippen molar-refractivity contribution >= 4 is 11.6 Å². The summed E-state index contributed by atoms with van der Waals surface area (Å²) in [5.41, 5.74) is 0.768. The largest absolute Gasteiger partial charge is 0.322 e. The topological polar surface area (TPSA) is 59.0 Å². The molecule has 2 rings (SSSR count). The molecule has 1 aromatic rings. The number of anilines is 1. The minimum atomic E-state index is -0.0719. The fraction of sp³-hybridized carbons (Fsp3) is 0.667. The molecule has 0 radical (unpaired) electrons. The van der Waals surface area contributed by atoms with Gasteiger partial charge in [0, 0.05) is 12.2 Å². The SMILES string of the molecule is CC1CCNC1C(=O)Nc1cnn(C(C)C)c1. The standard InChI is InChI=1S/C12H20N4O/c1-8(2)16-7-10(6-14-16)15-12(17)11-9(3)4-5-13-11/h6-9,11,13H,4-5H2,1-3H3,(H,15,17). The summed E-state index contributed by atoms with van der Waals surface area (Å²) in [4.78, 5) is 12.0. The molecule has 17 heavy (non-hydrogen) atoms. The van der Waals surface area contributed by atoms with Gasteiger partial charge < -0.3 is 10.6 Å². The van der Waals surface area contributed by atoms with Crippen LogP contribution in [0.4, 0.5) is 5.69 Å². The third-order valence-corrected chi connectivity index (χ3v) is 3.21. The van der Waals surface area contributed by atoms with Crippen LogP contribution in [0, 0.1) is 5.92 Å². The van der Waals surface area contributed by atoms with Crippen molar-refractivity contribution in [3.05, 3.63) is 12.4 Å².